The van der Waals surface area contributed by atoms with E-state index in [-0.39, 0.29) is 37.2 Å². The summed E-state index contributed by atoms with van der Waals surface area (Å²) < 4.78 is 83.2. The minimum atomic E-state index is -4.66. The number of nitrogens with zero attached hydrogens (tertiary/aromatic N) is 1. The summed E-state index contributed by atoms with van der Waals surface area (Å²) in [6, 6.07) is 5.69. The first kappa shape index (κ1) is 29.9. The van der Waals surface area contributed by atoms with Gasteiger partial charge in [-0.25, -0.2) is 0 Å². The summed E-state index contributed by atoms with van der Waals surface area (Å²) in [6.45, 7) is 2.05. The Morgan fingerprint density at radius 2 is 1.64 bits per heavy atom. The Bertz CT molecular complexity index is 1180. The molecule has 2 aromatic carbocycles. The quantitative estimate of drug-likeness (QED) is 0.373. The number of carbonyl (C=O) groups is 3. The van der Waals surface area contributed by atoms with Crippen LogP contribution in [0.15, 0.2) is 48.5 Å². The fourth-order valence-electron chi connectivity index (χ4n) is 4.28. The standard InChI is InChI=1S/C26H27F6N3O4/c1-3-39-24(38)16-12-21(35(2)14-16)23(37)34-20(11-15-7-9-17(10-8-15)25(27,28)29)22(36)33-19-6-4-5-18(13-19)26(30,31)32/h4-10,13,16,20-21H,3,11-12,14H2,1-2H3,(H,33,36)(H,34,37)/t16-,20-,21?/m0/s1. The van der Waals surface area contributed by atoms with Gasteiger partial charge in [0.1, 0.15) is 6.04 Å². The number of carbonyl (C=O) groups excluding carboxylic acids is 3. The zero-order chi connectivity index (χ0) is 29.0. The third-order valence-corrected chi connectivity index (χ3v) is 6.28. The SMILES string of the molecule is CCOC(=O)[C@H]1CC(C(=O)N[C@@H](Cc2ccc(C(F)(F)F)cc2)C(=O)Nc2cccc(C(F)(F)F)c2)N(C)C1. The highest BCUT2D eigenvalue weighted by molar-refractivity contribution is 5.98. The molecule has 3 atom stereocenters. The first-order valence-corrected chi connectivity index (χ1v) is 12.0. The van der Waals surface area contributed by atoms with Gasteiger partial charge >= 0.3 is 18.3 Å². The van der Waals surface area contributed by atoms with Gasteiger partial charge in [-0.2, -0.15) is 26.3 Å². The first-order valence-electron chi connectivity index (χ1n) is 12.0. The van der Waals surface area contributed by atoms with Crippen molar-refractivity contribution in [1.82, 2.24) is 10.2 Å². The molecule has 2 N–H and O–H groups in total. The average Bonchev–Trinajstić information content (AvgIpc) is 3.25. The number of rotatable bonds is 8. The molecule has 3 rings (SSSR count). The van der Waals surface area contributed by atoms with Crippen molar-refractivity contribution in [1.29, 1.82) is 0 Å². The molecule has 1 saturated heterocycles. The Hall–Kier alpha value is -3.61. The van der Waals surface area contributed by atoms with Gasteiger partial charge in [-0.15, -0.1) is 0 Å². The molecule has 7 nitrogen and oxygen atoms in total. The van der Waals surface area contributed by atoms with Crippen molar-refractivity contribution in [3.8, 4) is 0 Å². The molecule has 0 radical (unpaired) electrons. The van der Waals surface area contributed by atoms with Crippen molar-refractivity contribution in [3.05, 3.63) is 65.2 Å². The molecule has 1 aliphatic rings. The molecule has 39 heavy (non-hydrogen) atoms. The molecule has 0 aromatic heterocycles. The maximum Gasteiger partial charge on any atom is 0.416 e. The lowest BCUT2D eigenvalue weighted by Crippen LogP contribution is -2.51. The number of likely N-dealkylation sites (N-methyl/N-ethyl adjacent to an activating group) is 1. The summed E-state index contributed by atoms with van der Waals surface area (Å²) >= 11 is 0. The molecular formula is C26H27F6N3O4. The van der Waals surface area contributed by atoms with Crippen LogP contribution in [0.25, 0.3) is 0 Å². The Kier molecular flexibility index (Phi) is 9.26. The van der Waals surface area contributed by atoms with Crippen molar-refractivity contribution >= 4 is 23.5 Å². The smallest absolute Gasteiger partial charge is 0.416 e. The Morgan fingerprint density at radius 3 is 2.23 bits per heavy atom. The second kappa shape index (κ2) is 12.1. The van der Waals surface area contributed by atoms with Crippen LogP contribution in [-0.2, 0) is 37.9 Å². The number of amides is 2. The monoisotopic (exact) mass is 559 g/mol. The van der Waals surface area contributed by atoms with Crippen LogP contribution in [0.1, 0.15) is 30.0 Å². The van der Waals surface area contributed by atoms with Gasteiger partial charge in [0.05, 0.1) is 29.7 Å². The van der Waals surface area contributed by atoms with E-state index in [9.17, 15) is 40.7 Å². The topological polar surface area (TPSA) is 87.7 Å². The number of likely N-dealkylation sites (tertiary alicyclic amines) is 1. The molecule has 2 amide bonds. The van der Waals surface area contributed by atoms with Gasteiger partial charge in [-0.05, 0) is 56.3 Å². The summed E-state index contributed by atoms with van der Waals surface area (Å²) in [4.78, 5) is 40.0. The molecule has 2 aromatic rings. The van der Waals surface area contributed by atoms with Crippen molar-refractivity contribution in [2.24, 2.45) is 5.92 Å². The molecule has 1 aliphatic heterocycles. The molecule has 1 fully saturated rings. The van der Waals surface area contributed by atoms with E-state index in [1.807, 2.05) is 0 Å². The number of halogens is 6. The maximum atomic E-state index is 13.1. The van der Waals surface area contributed by atoms with Crippen LogP contribution in [0, 0.1) is 5.92 Å². The van der Waals surface area contributed by atoms with E-state index in [1.54, 1.807) is 18.9 Å². The van der Waals surface area contributed by atoms with Crippen molar-refractivity contribution in [2.45, 2.75) is 44.2 Å². The van der Waals surface area contributed by atoms with Gasteiger partial charge < -0.3 is 15.4 Å². The van der Waals surface area contributed by atoms with Crippen LogP contribution in [0.2, 0.25) is 0 Å². The minimum absolute atomic E-state index is 0.114. The second-order valence-electron chi connectivity index (χ2n) is 9.17. The Labute approximate surface area is 220 Å². The molecule has 1 unspecified atom stereocenters. The second-order valence-corrected chi connectivity index (χ2v) is 9.17. The van der Waals surface area contributed by atoms with E-state index < -0.39 is 59.3 Å². The summed E-state index contributed by atoms with van der Waals surface area (Å²) in [5, 5.41) is 4.89. The highest BCUT2D eigenvalue weighted by Crippen LogP contribution is 2.31. The number of hydrogen-bond donors (Lipinski definition) is 2. The number of anilines is 1. The molecule has 13 heteroatoms. The first-order chi connectivity index (χ1) is 18.2. The molecular weight excluding hydrogens is 532 g/mol. The largest absolute Gasteiger partial charge is 0.466 e. The lowest BCUT2D eigenvalue weighted by Gasteiger charge is -2.24. The van der Waals surface area contributed by atoms with Gasteiger partial charge in [0.2, 0.25) is 11.8 Å². The number of hydrogen-bond acceptors (Lipinski definition) is 5. The number of nitrogens with one attached hydrogen (secondary N) is 2. The third-order valence-electron chi connectivity index (χ3n) is 6.28. The molecule has 0 bridgehead atoms. The van der Waals surface area contributed by atoms with Gasteiger partial charge in [0, 0.05) is 18.7 Å². The third kappa shape index (κ3) is 7.94. The fraction of sp³-hybridized carbons (Fsp3) is 0.423. The van der Waals surface area contributed by atoms with E-state index in [0.717, 1.165) is 42.5 Å². The highest BCUT2D eigenvalue weighted by Gasteiger charge is 2.40. The fourth-order valence-corrected chi connectivity index (χ4v) is 4.28. The molecule has 1 heterocycles. The van der Waals surface area contributed by atoms with Crippen LogP contribution < -0.4 is 10.6 Å². The van der Waals surface area contributed by atoms with Gasteiger partial charge in [0.25, 0.3) is 0 Å². The zero-order valence-corrected chi connectivity index (χ0v) is 21.0. The Balaban J connectivity index is 1.81. The van der Waals surface area contributed by atoms with Gasteiger partial charge in [-0.3, -0.25) is 19.3 Å². The van der Waals surface area contributed by atoms with E-state index in [2.05, 4.69) is 10.6 Å². The van der Waals surface area contributed by atoms with E-state index in [0.29, 0.717) is 0 Å². The highest BCUT2D eigenvalue weighted by atomic mass is 19.4. The summed E-state index contributed by atoms with van der Waals surface area (Å²) in [5.74, 6) is -2.54. The van der Waals surface area contributed by atoms with E-state index in [1.165, 1.54) is 6.07 Å². The molecule has 0 saturated carbocycles. The summed E-state index contributed by atoms with van der Waals surface area (Å²) in [7, 11) is 1.61. The average molecular weight is 560 g/mol. The molecule has 212 valence electrons. The van der Waals surface area contributed by atoms with Crippen molar-refractivity contribution in [2.75, 3.05) is 25.5 Å². The molecule has 0 aliphatic carbocycles. The van der Waals surface area contributed by atoms with E-state index in [4.69, 9.17) is 4.74 Å². The van der Waals surface area contributed by atoms with Gasteiger partial charge in [-0.1, -0.05) is 18.2 Å². The lowest BCUT2D eigenvalue weighted by atomic mass is 10.0. The van der Waals surface area contributed by atoms with Crippen LogP contribution >= 0.6 is 0 Å². The van der Waals surface area contributed by atoms with Crippen LogP contribution in [0.3, 0.4) is 0 Å². The lowest BCUT2D eigenvalue weighted by molar-refractivity contribution is -0.147. The van der Waals surface area contributed by atoms with Crippen LogP contribution in [-0.4, -0.2) is 55.0 Å². The summed E-state index contributed by atoms with van der Waals surface area (Å²) in [6.07, 6.45) is -9.36. The zero-order valence-electron chi connectivity index (χ0n) is 21.0. The number of benzene rings is 2. The minimum Gasteiger partial charge on any atom is -0.466 e. The van der Waals surface area contributed by atoms with Crippen LogP contribution in [0.4, 0.5) is 32.0 Å². The summed E-state index contributed by atoms with van der Waals surface area (Å²) in [5.41, 5.74) is -1.81. The van der Waals surface area contributed by atoms with Crippen molar-refractivity contribution in [3.63, 3.8) is 0 Å². The van der Waals surface area contributed by atoms with Gasteiger partial charge in [0.15, 0.2) is 0 Å². The predicted molar refractivity (Wildman–Crippen MR) is 128 cm³/mol. The maximum absolute atomic E-state index is 13.1. The van der Waals surface area contributed by atoms with Crippen molar-refractivity contribution < 1.29 is 45.5 Å². The van der Waals surface area contributed by atoms with E-state index >= 15 is 0 Å². The molecule has 0 spiro atoms. The number of ether oxygens (including phenoxy) is 1. The normalized spacial score (nSPS) is 18.9. The predicted octanol–water partition coefficient (Wildman–Crippen LogP) is 4.27. The number of alkyl halides is 6. The number of esters is 1. The Morgan fingerprint density at radius 1 is 1.00 bits per heavy atom. The van der Waals surface area contributed by atoms with Crippen LogP contribution in [0.5, 0.6) is 0 Å².